The van der Waals surface area contributed by atoms with Crippen molar-refractivity contribution in [2.24, 2.45) is 11.8 Å². The first-order valence-corrected chi connectivity index (χ1v) is 9.56. The van der Waals surface area contributed by atoms with Gasteiger partial charge in [0.25, 0.3) is 0 Å². The summed E-state index contributed by atoms with van der Waals surface area (Å²) in [5, 5.41) is 0. The van der Waals surface area contributed by atoms with Crippen molar-refractivity contribution >= 4 is 0 Å². The van der Waals surface area contributed by atoms with Crippen LogP contribution in [0.1, 0.15) is 77.2 Å². The van der Waals surface area contributed by atoms with Crippen LogP contribution >= 0.6 is 0 Å². The van der Waals surface area contributed by atoms with Crippen molar-refractivity contribution in [2.45, 2.75) is 78.1 Å². The molecule has 1 aromatic carbocycles. The highest BCUT2D eigenvalue weighted by atomic mass is 14.2. The zero-order valence-electron chi connectivity index (χ0n) is 14.7. The van der Waals surface area contributed by atoms with Crippen LogP contribution in [-0.2, 0) is 6.42 Å². The maximum absolute atomic E-state index is 2.61. The van der Waals surface area contributed by atoms with Gasteiger partial charge in [0.2, 0.25) is 0 Å². The lowest BCUT2D eigenvalue weighted by Gasteiger charge is -2.27. The first-order valence-electron chi connectivity index (χ1n) is 9.56. The summed E-state index contributed by atoms with van der Waals surface area (Å²) in [6, 6.07) is 11.0. The van der Waals surface area contributed by atoms with Crippen LogP contribution in [0.25, 0.3) is 0 Å². The standard InChI is InChI=1S/C22H34/c1-3-5-13-21(22-17-15-19(4-2)16-18-22)14-9-12-20-10-7-6-8-11-20/h6-8,10-11,17,19,21H,3-5,9,12-16,18H2,1-2H3. The molecular weight excluding hydrogens is 264 g/mol. The second kappa shape index (κ2) is 9.87. The third-order valence-electron chi connectivity index (χ3n) is 5.42. The summed E-state index contributed by atoms with van der Waals surface area (Å²) in [5.74, 6) is 1.82. The molecule has 122 valence electrons. The van der Waals surface area contributed by atoms with E-state index in [1.807, 2.05) is 0 Å². The van der Waals surface area contributed by atoms with Gasteiger partial charge in [-0.15, -0.1) is 0 Å². The molecule has 0 radical (unpaired) electrons. The van der Waals surface area contributed by atoms with E-state index in [9.17, 15) is 0 Å². The lowest BCUT2D eigenvalue weighted by atomic mass is 9.79. The van der Waals surface area contributed by atoms with Crippen molar-refractivity contribution in [2.75, 3.05) is 0 Å². The highest BCUT2D eigenvalue weighted by molar-refractivity contribution is 5.15. The van der Waals surface area contributed by atoms with Gasteiger partial charge in [-0.25, -0.2) is 0 Å². The SMILES string of the molecule is CCCCC(CCCc1ccccc1)C1=CCC(CC)CC1. The van der Waals surface area contributed by atoms with Crippen LogP contribution in [0.15, 0.2) is 42.0 Å². The highest BCUT2D eigenvalue weighted by Gasteiger charge is 2.19. The van der Waals surface area contributed by atoms with Crippen molar-refractivity contribution < 1.29 is 0 Å². The van der Waals surface area contributed by atoms with Gasteiger partial charge in [-0.1, -0.05) is 75.1 Å². The number of hydrogen-bond acceptors (Lipinski definition) is 0. The summed E-state index contributed by atoms with van der Waals surface area (Å²) in [6.45, 7) is 4.67. The molecule has 0 fully saturated rings. The maximum Gasteiger partial charge on any atom is -0.0203 e. The van der Waals surface area contributed by atoms with Crippen molar-refractivity contribution in [1.82, 2.24) is 0 Å². The molecule has 22 heavy (non-hydrogen) atoms. The molecular formula is C22H34. The van der Waals surface area contributed by atoms with Crippen LogP contribution < -0.4 is 0 Å². The topological polar surface area (TPSA) is 0 Å². The molecule has 1 aromatic rings. The van der Waals surface area contributed by atoms with E-state index < -0.39 is 0 Å². The maximum atomic E-state index is 2.61. The van der Waals surface area contributed by atoms with E-state index in [-0.39, 0.29) is 0 Å². The Bertz CT molecular complexity index is 429. The molecule has 0 bridgehead atoms. The molecule has 2 rings (SSSR count). The fraction of sp³-hybridized carbons (Fsp3) is 0.636. The van der Waals surface area contributed by atoms with E-state index in [0.29, 0.717) is 0 Å². The molecule has 0 heteroatoms. The average Bonchev–Trinajstić information content (AvgIpc) is 2.59. The largest absolute Gasteiger partial charge is 0.0848 e. The number of rotatable bonds is 9. The van der Waals surface area contributed by atoms with E-state index in [1.165, 1.54) is 69.8 Å². The molecule has 0 amide bonds. The molecule has 0 heterocycles. The van der Waals surface area contributed by atoms with Crippen LogP contribution in [-0.4, -0.2) is 0 Å². The predicted molar refractivity (Wildman–Crippen MR) is 98.1 cm³/mol. The molecule has 0 aromatic heterocycles. The second-order valence-electron chi connectivity index (χ2n) is 7.04. The molecule has 0 nitrogen and oxygen atoms in total. The second-order valence-corrected chi connectivity index (χ2v) is 7.04. The number of hydrogen-bond donors (Lipinski definition) is 0. The lowest BCUT2D eigenvalue weighted by molar-refractivity contribution is 0.403. The molecule has 0 aliphatic heterocycles. The van der Waals surface area contributed by atoms with Gasteiger partial charge in [0.1, 0.15) is 0 Å². The molecule has 0 spiro atoms. The van der Waals surface area contributed by atoms with Gasteiger partial charge < -0.3 is 0 Å². The number of allylic oxidation sites excluding steroid dienone is 2. The van der Waals surface area contributed by atoms with Crippen LogP contribution in [0, 0.1) is 11.8 Å². The van der Waals surface area contributed by atoms with Gasteiger partial charge in [-0.3, -0.25) is 0 Å². The molecule has 1 aliphatic rings. The fourth-order valence-electron chi connectivity index (χ4n) is 3.81. The molecule has 0 saturated carbocycles. The van der Waals surface area contributed by atoms with Gasteiger partial charge in [0.15, 0.2) is 0 Å². The minimum Gasteiger partial charge on any atom is -0.0848 e. The minimum absolute atomic E-state index is 0.862. The highest BCUT2D eigenvalue weighted by Crippen LogP contribution is 2.34. The first-order chi connectivity index (χ1) is 10.8. The summed E-state index contributed by atoms with van der Waals surface area (Å²) in [5.41, 5.74) is 3.30. The third-order valence-corrected chi connectivity index (χ3v) is 5.42. The van der Waals surface area contributed by atoms with E-state index in [2.05, 4.69) is 50.3 Å². The molecule has 0 N–H and O–H groups in total. The molecule has 2 unspecified atom stereocenters. The van der Waals surface area contributed by atoms with Crippen molar-refractivity contribution in [1.29, 1.82) is 0 Å². The van der Waals surface area contributed by atoms with Crippen LogP contribution in [0.3, 0.4) is 0 Å². The summed E-state index contributed by atoms with van der Waals surface area (Å²) in [4.78, 5) is 0. The van der Waals surface area contributed by atoms with Crippen LogP contribution in [0.2, 0.25) is 0 Å². The number of aryl methyl sites for hydroxylation is 1. The minimum atomic E-state index is 0.862. The van der Waals surface area contributed by atoms with Crippen molar-refractivity contribution in [3.63, 3.8) is 0 Å². The Labute approximate surface area is 138 Å². The molecule has 2 atom stereocenters. The van der Waals surface area contributed by atoms with Crippen molar-refractivity contribution in [3.05, 3.63) is 47.5 Å². The zero-order valence-corrected chi connectivity index (χ0v) is 14.7. The fourth-order valence-corrected chi connectivity index (χ4v) is 3.81. The van der Waals surface area contributed by atoms with Gasteiger partial charge in [-0.2, -0.15) is 0 Å². The van der Waals surface area contributed by atoms with Crippen LogP contribution in [0.5, 0.6) is 0 Å². The van der Waals surface area contributed by atoms with Gasteiger partial charge in [-0.05, 0) is 62.3 Å². The lowest BCUT2D eigenvalue weighted by Crippen LogP contribution is -2.12. The van der Waals surface area contributed by atoms with Crippen LogP contribution in [0.4, 0.5) is 0 Å². The Hall–Kier alpha value is -1.04. The summed E-state index contributed by atoms with van der Waals surface area (Å²) < 4.78 is 0. The quantitative estimate of drug-likeness (QED) is 0.433. The monoisotopic (exact) mass is 298 g/mol. The number of unbranched alkanes of at least 4 members (excludes halogenated alkanes) is 1. The summed E-state index contributed by atoms with van der Waals surface area (Å²) in [7, 11) is 0. The van der Waals surface area contributed by atoms with E-state index in [0.717, 1.165) is 11.8 Å². The Balaban J connectivity index is 1.85. The molecule has 0 saturated heterocycles. The van der Waals surface area contributed by atoms with E-state index in [4.69, 9.17) is 0 Å². The summed E-state index contributed by atoms with van der Waals surface area (Å²) >= 11 is 0. The normalized spacial score (nSPS) is 19.7. The molecule has 1 aliphatic carbocycles. The Morgan fingerprint density at radius 1 is 1.05 bits per heavy atom. The number of benzene rings is 1. The Kier molecular flexibility index (Phi) is 7.77. The van der Waals surface area contributed by atoms with Crippen molar-refractivity contribution in [3.8, 4) is 0 Å². The van der Waals surface area contributed by atoms with E-state index in [1.54, 1.807) is 5.57 Å². The average molecular weight is 299 g/mol. The van der Waals surface area contributed by atoms with Gasteiger partial charge >= 0.3 is 0 Å². The van der Waals surface area contributed by atoms with Gasteiger partial charge in [0.05, 0.1) is 0 Å². The summed E-state index contributed by atoms with van der Waals surface area (Å²) in [6.07, 6.45) is 16.2. The zero-order chi connectivity index (χ0) is 15.6. The van der Waals surface area contributed by atoms with Gasteiger partial charge in [0, 0.05) is 0 Å². The Morgan fingerprint density at radius 3 is 2.45 bits per heavy atom. The Morgan fingerprint density at radius 2 is 1.82 bits per heavy atom. The first kappa shape index (κ1) is 17.3. The van der Waals surface area contributed by atoms with E-state index >= 15 is 0 Å². The predicted octanol–water partition coefficient (Wildman–Crippen LogP) is 6.95. The smallest absolute Gasteiger partial charge is 0.0203 e. The third kappa shape index (κ3) is 5.63.